The number of piperazine rings is 1. The summed E-state index contributed by atoms with van der Waals surface area (Å²) in [5.41, 5.74) is 2.41. The minimum absolute atomic E-state index is 0.123. The number of amides is 2. The summed E-state index contributed by atoms with van der Waals surface area (Å²) in [5.74, 6) is 0. The fourth-order valence-electron chi connectivity index (χ4n) is 2.25. The highest BCUT2D eigenvalue weighted by Gasteiger charge is 2.19. The zero-order chi connectivity index (χ0) is 13.0. The van der Waals surface area contributed by atoms with Crippen molar-refractivity contribution in [2.45, 2.75) is 13.5 Å². The van der Waals surface area contributed by atoms with Gasteiger partial charge in [0, 0.05) is 39.8 Å². The Labute approximate surface area is 109 Å². The summed E-state index contributed by atoms with van der Waals surface area (Å²) < 4.78 is 0. The zero-order valence-corrected chi connectivity index (χ0v) is 11.1. The Hall–Kier alpha value is -1.55. The quantitative estimate of drug-likeness (QED) is 0.858. The van der Waals surface area contributed by atoms with E-state index in [1.54, 1.807) is 4.90 Å². The molecule has 1 fully saturated rings. The van der Waals surface area contributed by atoms with Crippen molar-refractivity contribution in [3.8, 4) is 0 Å². The molecule has 4 heteroatoms. The Morgan fingerprint density at radius 1 is 1.39 bits per heavy atom. The molecule has 0 atom stereocenters. The van der Waals surface area contributed by atoms with Gasteiger partial charge >= 0.3 is 6.03 Å². The van der Waals surface area contributed by atoms with Crippen LogP contribution in [-0.2, 0) is 6.54 Å². The minimum atomic E-state index is 0.123. The maximum atomic E-state index is 12.2. The smallest absolute Gasteiger partial charge is 0.320 e. The van der Waals surface area contributed by atoms with Crippen molar-refractivity contribution in [2.24, 2.45) is 0 Å². The number of carbonyl (C=O) groups is 1. The minimum Gasteiger partial charge on any atom is -0.323 e. The summed E-state index contributed by atoms with van der Waals surface area (Å²) in [5, 5.41) is 3.25. The molecule has 98 valence electrons. The standard InChI is InChI=1S/C14H21N3O/c1-12-4-3-5-13(10-12)11-16(2)14(18)17-8-6-15-7-9-17/h3-5,10,15H,6-9,11H2,1-2H3. The number of rotatable bonds is 2. The molecule has 0 unspecified atom stereocenters. The summed E-state index contributed by atoms with van der Waals surface area (Å²) >= 11 is 0. The van der Waals surface area contributed by atoms with Crippen LogP contribution in [0.25, 0.3) is 0 Å². The van der Waals surface area contributed by atoms with Crippen molar-refractivity contribution in [3.63, 3.8) is 0 Å². The van der Waals surface area contributed by atoms with Crippen LogP contribution in [0.4, 0.5) is 4.79 Å². The molecule has 1 aromatic rings. The first-order chi connectivity index (χ1) is 8.66. The Balaban J connectivity index is 1.94. The first-order valence-electron chi connectivity index (χ1n) is 6.43. The molecule has 2 amide bonds. The van der Waals surface area contributed by atoms with Crippen molar-refractivity contribution in [1.82, 2.24) is 15.1 Å². The Morgan fingerprint density at radius 3 is 2.78 bits per heavy atom. The van der Waals surface area contributed by atoms with E-state index in [2.05, 4.69) is 30.4 Å². The second-order valence-electron chi connectivity index (χ2n) is 4.86. The lowest BCUT2D eigenvalue weighted by Gasteiger charge is -2.31. The van der Waals surface area contributed by atoms with Gasteiger partial charge in [0.25, 0.3) is 0 Å². The molecule has 0 saturated carbocycles. The number of nitrogens with one attached hydrogen (secondary N) is 1. The monoisotopic (exact) mass is 247 g/mol. The van der Waals surface area contributed by atoms with Crippen LogP contribution in [0.2, 0.25) is 0 Å². The van der Waals surface area contributed by atoms with Gasteiger partial charge < -0.3 is 15.1 Å². The molecule has 0 spiro atoms. The molecule has 4 nitrogen and oxygen atoms in total. The Bertz CT molecular complexity index is 413. The molecule has 1 aliphatic rings. The number of hydrogen-bond donors (Lipinski definition) is 1. The number of carbonyl (C=O) groups excluding carboxylic acids is 1. The fraction of sp³-hybridized carbons (Fsp3) is 0.500. The van der Waals surface area contributed by atoms with Gasteiger partial charge in [0.05, 0.1) is 0 Å². The van der Waals surface area contributed by atoms with Gasteiger partial charge in [-0.05, 0) is 12.5 Å². The predicted octanol–water partition coefficient (Wildman–Crippen LogP) is 1.45. The van der Waals surface area contributed by atoms with Crippen LogP contribution in [0.3, 0.4) is 0 Å². The Morgan fingerprint density at radius 2 is 2.11 bits per heavy atom. The molecule has 1 heterocycles. The second kappa shape index (κ2) is 5.87. The largest absolute Gasteiger partial charge is 0.323 e. The number of benzene rings is 1. The topological polar surface area (TPSA) is 35.6 Å². The number of aryl methyl sites for hydroxylation is 1. The second-order valence-corrected chi connectivity index (χ2v) is 4.86. The van der Waals surface area contributed by atoms with E-state index in [0.717, 1.165) is 26.2 Å². The Kier molecular flexibility index (Phi) is 4.20. The third kappa shape index (κ3) is 3.23. The fourth-order valence-corrected chi connectivity index (χ4v) is 2.25. The van der Waals surface area contributed by atoms with Crippen LogP contribution in [-0.4, -0.2) is 49.1 Å². The van der Waals surface area contributed by atoms with Gasteiger partial charge in [-0.1, -0.05) is 29.8 Å². The van der Waals surface area contributed by atoms with E-state index in [-0.39, 0.29) is 6.03 Å². The van der Waals surface area contributed by atoms with Gasteiger partial charge in [-0.15, -0.1) is 0 Å². The van der Waals surface area contributed by atoms with Crippen LogP contribution in [0.1, 0.15) is 11.1 Å². The van der Waals surface area contributed by atoms with Gasteiger partial charge in [-0.25, -0.2) is 4.79 Å². The third-order valence-electron chi connectivity index (χ3n) is 3.22. The normalized spacial score (nSPS) is 15.6. The van der Waals surface area contributed by atoms with E-state index in [0.29, 0.717) is 6.54 Å². The van der Waals surface area contributed by atoms with Gasteiger partial charge in [-0.3, -0.25) is 0 Å². The molecule has 1 N–H and O–H groups in total. The first-order valence-corrected chi connectivity index (χ1v) is 6.43. The van der Waals surface area contributed by atoms with E-state index < -0.39 is 0 Å². The average molecular weight is 247 g/mol. The summed E-state index contributed by atoms with van der Waals surface area (Å²) in [7, 11) is 1.87. The van der Waals surface area contributed by atoms with Crippen molar-refractivity contribution in [2.75, 3.05) is 33.2 Å². The molecule has 0 radical (unpaired) electrons. The molecule has 18 heavy (non-hydrogen) atoms. The van der Waals surface area contributed by atoms with Gasteiger partial charge in [0.1, 0.15) is 0 Å². The van der Waals surface area contributed by atoms with Gasteiger partial charge in [0.15, 0.2) is 0 Å². The molecule has 0 aromatic heterocycles. The average Bonchev–Trinajstić information content (AvgIpc) is 2.39. The lowest BCUT2D eigenvalue weighted by molar-refractivity contribution is 0.154. The first kappa shape index (κ1) is 12.9. The highest BCUT2D eigenvalue weighted by atomic mass is 16.2. The van der Waals surface area contributed by atoms with E-state index in [9.17, 15) is 4.79 Å². The molecular formula is C14H21N3O. The third-order valence-corrected chi connectivity index (χ3v) is 3.22. The maximum absolute atomic E-state index is 12.2. The highest BCUT2D eigenvalue weighted by Crippen LogP contribution is 2.08. The lowest BCUT2D eigenvalue weighted by Crippen LogP contribution is -2.50. The lowest BCUT2D eigenvalue weighted by atomic mass is 10.1. The highest BCUT2D eigenvalue weighted by molar-refractivity contribution is 5.74. The molecule has 1 aromatic carbocycles. The van der Waals surface area contributed by atoms with Crippen LogP contribution in [0.15, 0.2) is 24.3 Å². The van der Waals surface area contributed by atoms with Crippen molar-refractivity contribution < 1.29 is 4.79 Å². The number of hydrogen-bond acceptors (Lipinski definition) is 2. The molecular weight excluding hydrogens is 226 g/mol. The maximum Gasteiger partial charge on any atom is 0.320 e. The molecule has 0 bridgehead atoms. The van der Waals surface area contributed by atoms with Crippen LogP contribution >= 0.6 is 0 Å². The van der Waals surface area contributed by atoms with Crippen molar-refractivity contribution in [1.29, 1.82) is 0 Å². The molecule has 1 saturated heterocycles. The SMILES string of the molecule is Cc1cccc(CN(C)C(=O)N2CCNCC2)c1. The molecule has 0 aliphatic carbocycles. The zero-order valence-electron chi connectivity index (χ0n) is 11.1. The van der Waals surface area contributed by atoms with Crippen LogP contribution < -0.4 is 5.32 Å². The van der Waals surface area contributed by atoms with Crippen molar-refractivity contribution >= 4 is 6.03 Å². The summed E-state index contributed by atoms with van der Waals surface area (Å²) in [6.07, 6.45) is 0. The van der Waals surface area contributed by atoms with Gasteiger partial charge in [-0.2, -0.15) is 0 Å². The summed E-state index contributed by atoms with van der Waals surface area (Å²) in [6.45, 7) is 6.13. The summed E-state index contributed by atoms with van der Waals surface area (Å²) in [6, 6.07) is 8.42. The predicted molar refractivity (Wildman–Crippen MR) is 72.5 cm³/mol. The molecule has 2 rings (SSSR count). The van der Waals surface area contributed by atoms with Crippen LogP contribution in [0.5, 0.6) is 0 Å². The van der Waals surface area contributed by atoms with Crippen LogP contribution in [0, 0.1) is 6.92 Å². The van der Waals surface area contributed by atoms with Crippen molar-refractivity contribution in [3.05, 3.63) is 35.4 Å². The summed E-state index contributed by atoms with van der Waals surface area (Å²) in [4.78, 5) is 15.9. The van der Waals surface area contributed by atoms with E-state index in [1.165, 1.54) is 11.1 Å². The molecule has 1 aliphatic heterocycles. The number of urea groups is 1. The van der Waals surface area contributed by atoms with Gasteiger partial charge in [0.2, 0.25) is 0 Å². The van der Waals surface area contributed by atoms with E-state index >= 15 is 0 Å². The number of nitrogens with zero attached hydrogens (tertiary/aromatic N) is 2. The van der Waals surface area contributed by atoms with E-state index in [1.807, 2.05) is 18.0 Å². The van der Waals surface area contributed by atoms with E-state index in [4.69, 9.17) is 0 Å².